The molecule has 0 heterocycles. The molecule has 0 saturated carbocycles. The summed E-state index contributed by atoms with van der Waals surface area (Å²) < 4.78 is 0. The molecule has 8 heteroatoms. The van der Waals surface area contributed by atoms with Crippen LogP contribution in [0.2, 0.25) is 0 Å². The lowest BCUT2D eigenvalue weighted by atomic mass is 10.1. The number of unbranched alkanes of at least 4 members (excludes halogenated alkanes) is 22. The van der Waals surface area contributed by atoms with E-state index in [0.717, 1.165) is 63.5 Å². The van der Waals surface area contributed by atoms with E-state index in [0.29, 0.717) is 12.8 Å². The van der Waals surface area contributed by atoms with Gasteiger partial charge in [-0.15, -0.1) is 0 Å². The van der Waals surface area contributed by atoms with Crippen LogP contribution in [0.3, 0.4) is 0 Å². The Hall–Kier alpha value is -2.90. The number of carbonyl (C=O) groups is 4. The largest absolute Gasteiger partial charge is 0.478 e. The van der Waals surface area contributed by atoms with Crippen molar-refractivity contribution in [2.45, 2.75) is 194 Å². The number of allylic oxidation sites excluding steroid dienone is 4. The van der Waals surface area contributed by atoms with Gasteiger partial charge < -0.3 is 20.6 Å². The van der Waals surface area contributed by atoms with E-state index in [1.807, 2.05) is 0 Å². The van der Waals surface area contributed by atoms with Crippen LogP contribution in [-0.4, -0.2) is 59.9 Å². The fraction of sp³-hybridized carbons (Fsp3) is 0.773. The second kappa shape index (κ2) is 39.3. The van der Waals surface area contributed by atoms with Gasteiger partial charge in [0, 0.05) is 51.2 Å². The van der Waals surface area contributed by atoms with Gasteiger partial charge in [0.25, 0.3) is 0 Å². The van der Waals surface area contributed by atoms with Gasteiger partial charge in [-0.2, -0.15) is 0 Å². The molecule has 52 heavy (non-hydrogen) atoms. The second-order valence-corrected chi connectivity index (χ2v) is 14.4. The molecular formula is C44H79N3O5. The third-order valence-corrected chi connectivity index (χ3v) is 9.42. The van der Waals surface area contributed by atoms with Crippen LogP contribution in [0.4, 0.5) is 0 Å². The Kier molecular flexibility index (Phi) is 37.1. The van der Waals surface area contributed by atoms with E-state index in [1.165, 1.54) is 120 Å². The molecule has 0 aliphatic heterocycles. The highest BCUT2D eigenvalue weighted by Crippen LogP contribution is 2.11. The van der Waals surface area contributed by atoms with Crippen molar-refractivity contribution in [2.75, 3.05) is 26.2 Å². The van der Waals surface area contributed by atoms with Gasteiger partial charge in [-0.3, -0.25) is 14.4 Å². The second-order valence-electron chi connectivity index (χ2n) is 14.4. The lowest BCUT2D eigenvalue weighted by Gasteiger charge is -2.21. The maximum atomic E-state index is 12.6. The molecule has 0 bridgehead atoms. The van der Waals surface area contributed by atoms with E-state index in [2.05, 4.69) is 48.8 Å². The SMILES string of the molecule is CCCCCCCC/C=C\CCCCCCCC(=O)NCCN(CCNC(=O)CCCCCCC/C=C\CCCCCCCC)C(=O)/C=C\C(=O)O. The van der Waals surface area contributed by atoms with Crippen molar-refractivity contribution >= 4 is 23.7 Å². The van der Waals surface area contributed by atoms with Crippen molar-refractivity contribution in [3.05, 3.63) is 36.5 Å². The number of nitrogens with one attached hydrogen (secondary N) is 2. The predicted molar refractivity (Wildman–Crippen MR) is 218 cm³/mol. The standard InChI is InChI=1S/C44H79N3O5/c1-3-5-7-9-11-13-15-17-19-21-23-25-27-29-31-33-41(48)45-37-39-47(43(50)35-36-44(51)52)40-38-46-42(49)34-32-30-28-26-24-22-20-18-16-14-12-10-8-6-4-2/h17-20,35-36H,3-16,21-34,37-40H2,1-2H3,(H,45,48)(H,46,49)(H,51,52)/b19-17-,20-18-,36-35-. The molecule has 0 aromatic rings. The number of hydrogen-bond acceptors (Lipinski definition) is 4. The van der Waals surface area contributed by atoms with Gasteiger partial charge in [0.05, 0.1) is 0 Å². The lowest BCUT2D eigenvalue weighted by molar-refractivity contribution is -0.132. The zero-order valence-corrected chi connectivity index (χ0v) is 33.6. The van der Waals surface area contributed by atoms with E-state index in [-0.39, 0.29) is 38.0 Å². The van der Waals surface area contributed by atoms with Crippen molar-refractivity contribution < 1.29 is 24.3 Å². The molecule has 0 fully saturated rings. The first-order chi connectivity index (χ1) is 25.4. The van der Waals surface area contributed by atoms with Crippen LogP contribution in [0.15, 0.2) is 36.5 Å². The zero-order valence-electron chi connectivity index (χ0n) is 33.6. The van der Waals surface area contributed by atoms with E-state index in [4.69, 9.17) is 5.11 Å². The fourth-order valence-electron chi connectivity index (χ4n) is 6.13. The van der Waals surface area contributed by atoms with Gasteiger partial charge in [-0.05, 0) is 64.2 Å². The summed E-state index contributed by atoms with van der Waals surface area (Å²) in [6, 6.07) is 0. The highest BCUT2D eigenvalue weighted by Gasteiger charge is 2.12. The Morgan fingerprint density at radius 2 is 0.788 bits per heavy atom. The first kappa shape index (κ1) is 49.1. The summed E-state index contributed by atoms with van der Waals surface area (Å²) in [6.45, 7) is 5.54. The van der Waals surface area contributed by atoms with Crippen LogP contribution < -0.4 is 10.6 Å². The fourth-order valence-corrected chi connectivity index (χ4v) is 6.13. The molecule has 0 spiro atoms. The molecule has 0 atom stereocenters. The van der Waals surface area contributed by atoms with Crippen molar-refractivity contribution in [3.63, 3.8) is 0 Å². The van der Waals surface area contributed by atoms with Gasteiger partial charge >= 0.3 is 5.97 Å². The number of hydrogen-bond donors (Lipinski definition) is 3. The molecule has 0 aromatic heterocycles. The summed E-state index contributed by atoms with van der Waals surface area (Å²) >= 11 is 0. The monoisotopic (exact) mass is 730 g/mol. The topological polar surface area (TPSA) is 116 Å². The Morgan fingerprint density at radius 3 is 1.13 bits per heavy atom. The zero-order chi connectivity index (χ0) is 38.2. The molecule has 0 saturated heterocycles. The van der Waals surface area contributed by atoms with Crippen LogP contribution in [0.25, 0.3) is 0 Å². The third-order valence-electron chi connectivity index (χ3n) is 9.42. The van der Waals surface area contributed by atoms with Gasteiger partial charge in [0.15, 0.2) is 0 Å². The average molecular weight is 730 g/mol. The van der Waals surface area contributed by atoms with Crippen molar-refractivity contribution in [2.24, 2.45) is 0 Å². The van der Waals surface area contributed by atoms with E-state index >= 15 is 0 Å². The maximum absolute atomic E-state index is 12.6. The minimum Gasteiger partial charge on any atom is -0.478 e. The molecule has 0 rings (SSSR count). The van der Waals surface area contributed by atoms with E-state index < -0.39 is 11.9 Å². The number of aliphatic carboxylic acids is 1. The van der Waals surface area contributed by atoms with Gasteiger partial charge in [-0.1, -0.05) is 141 Å². The lowest BCUT2D eigenvalue weighted by Crippen LogP contribution is -2.42. The Labute approximate surface area is 319 Å². The summed E-state index contributed by atoms with van der Waals surface area (Å²) in [5.74, 6) is -1.74. The van der Waals surface area contributed by atoms with Crippen LogP contribution in [0.1, 0.15) is 194 Å². The number of nitrogens with zero attached hydrogens (tertiary/aromatic N) is 1. The number of rotatable bonds is 38. The Bertz CT molecular complexity index is 904. The molecule has 3 N–H and O–H groups in total. The summed E-state index contributed by atoms with van der Waals surface area (Å²) in [7, 11) is 0. The van der Waals surface area contributed by atoms with Gasteiger partial charge in [0.2, 0.25) is 17.7 Å². The molecule has 8 nitrogen and oxygen atoms in total. The summed E-state index contributed by atoms with van der Waals surface area (Å²) in [6.07, 6.45) is 43.5. The number of carbonyl (C=O) groups excluding carboxylic acids is 3. The maximum Gasteiger partial charge on any atom is 0.328 e. The van der Waals surface area contributed by atoms with E-state index in [9.17, 15) is 19.2 Å². The number of carboxylic acid groups (broad SMARTS) is 1. The van der Waals surface area contributed by atoms with Crippen LogP contribution in [-0.2, 0) is 19.2 Å². The molecule has 0 unspecified atom stereocenters. The molecule has 0 aliphatic carbocycles. The molecular weight excluding hydrogens is 651 g/mol. The molecule has 0 radical (unpaired) electrons. The van der Waals surface area contributed by atoms with Crippen molar-refractivity contribution in [1.82, 2.24) is 15.5 Å². The Balaban J connectivity index is 4.02. The normalized spacial score (nSPS) is 11.6. The summed E-state index contributed by atoms with van der Waals surface area (Å²) in [4.78, 5) is 49.7. The molecule has 3 amide bonds. The van der Waals surface area contributed by atoms with Gasteiger partial charge in [-0.25, -0.2) is 4.79 Å². The van der Waals surface area contributed by atoms with Crippen LogP contribution >= 0.6 is 0 Å². The van der Waals surface area contributed by atoms with Crippen molar-refractivity contribution in [3.8, 4) is 0 Å². The number of amides is 3. The third kappa shape index (κ3) is 36.9. The Morgan fingerprint density at radius 1 is 0.462 bits per heavy atom. The van der Waals surface area contributed by atoms with Crippen LogP contribution in [0.5, 0.6) is 0 Å². The summed E-state index contributed by atoms with van der Waals surface area (Å²) in [5.41, 5.74) is 0. The smallest absolute Gasteiger partial charge is 0.328 e. The minimum absolute atomic E-state index is 0.0423. The highest BCUT2D eigenvalue weighted by atomic mass is 16.4. The highest BCUT2D eigenvalue weighted by molar-refractivity contribution is 5.94. The molecule has 300 valence electrons. The number of carboxylic acids is 1. The molecule has 0 aromatic carbocycles. The first-order valence-corrected chi connectivity index (χ1v) is 21.4. The van der Waals surface area contributed by atoms with E-state index in [1.54, 1.807) is 0 Å². The van der Waals surface area contributed by atoms with Crippen molar-refractivity contribution in [1.29, 1.82) is 0 Å². The van der Waals surface area contributed by atoms with Crippen LogP contribution in [0, 0.1) is 0 Å². The summed E-state index contributed by atoms with van der Waals surface area (Å²) in [5, 5.41) is 14.7. The first-order valence-electron chi connectivity index (χ1n) is 21.4. The quantitative estimate of drug-likeness (QED) is 0.0332. The van der Waals surface area contributed by atoms with Gasteiger partial charge in [0.1, 0.15) is 0 Å². The predicted octanol–water partition coefficient (Wildman–Crippen LogP) is 10.8. The minimum atomic E-state index is -1.20. The average Bonchev–Trinajstić information content (AvgIpc) is 3.13. The molecule has 0 aliphatic rings.